The number of rotatable bonds is 9. The van der Waals surface area contributed by atoms with Crippen LogP contribution in [0.25, 0.3) is 10.9 Å². The highest BCUT2D eigenvalue weighted by atomic mass is 16.5. The Morgan fingerprint density at radius 1 is 1.28 bits per heavy atom. The monoisotopic (exact) mass is 345 g/mol. The number of carbonyl (C=O) groups is 2. The molecule has 136 valence electrons. The van der Waals surface area contributed by atoms with Crippen LogP contribution in [0.4, 0.5) is 0 Å². The lowest BCUT2D eigenvalue weighted by molar-refractivity contribution is -0.145. The highest BCUT2D eigenvalue weighted by molar-refractivity contribution is 5.89. The van der Waals surface area contributed by atoms with E-state index in [0.29, 0.717) is 12.8 Å². The van der Waals surface area contributed by atoms with E-state index >= 15 is 0 Å². The van der Waals surface area contributed by atoms with Gasteiger partial charge in [0.05, 0.1) is 13.2 Å². The molecule has 0 aliphatic carbocycles. The average Bonchev–Trinajstić information content (AvgIpc) is 3.03. The van der Waals surface area contributed by atoms with E-state index in [9.17, 15) is 9.59 Å². The molecule has 1 aromatic heterocycles. The first-order valence-corrected chi connectivity index (χ1v) is 8.75. The highest BCUT2D eigenvalue weighted by Gasteiger charge is 2.24. The Balaban J connectivity index is 1.98. The quantitative estimate of drug-likeness (QED) is 0.480. The molecule has 2 rings (SSSR count). The predicted octanol–water partition coefficient (Wildman–Crippen LogP) is 2.28. The van der Waals surface area contributed by atoms with Crippen molar-refractivity contribution >= 4 is 22.8 Å². The molecule has 0 fully saturated rings. The predicted molar refractivity (Wildman–Crippen MR) is 98.1 cm³/mol. The fraction of sp³-hybridized carbons (Fsp3) is 0.474. The highest BCUT2D eigenvalue weighted by Crippen LogP contribution is 2.18. The zero-order valence-electron chi connectivity index (χ0n) is 14.9. The molecule has 0 bridgehead atoms. The lowest BCUT2D eigenvalue weighted by atomic mass is 10.0. The molecule has 0 aliphatic rings. The van der Waals surface area contributed by atoms with Crippen LogP contribution in [0.5, 0.6) is 0 Å². The van der Waals surface area contributed by atoms with E-state index < -0.39 is 18.1 Å². The Labute approximate surface area is 148 Å². The van der Waals surface area contributed by atoms with Crippen molar-refractivity contribution in [3.05, 3.63) is 36.0 Å². The molecule has 0 aliphatic heterocycles. The Bertz CT molecular complexity index is 711. The van der Waals surface area contributed by atoms with Gasteiger partial charge < -0.3 is 20.8 Å². The number of hydrogen-bond acceptors (Lipinski definition) is 4. The number of unbranched alkanes of at least 4 members (excludes halogenated alkanes) is 2. The van der Waals surface area contributed by atoms with Gasteiger partial charge in [-0.3, -0.25) is 4.79 Å². The smallest absolute Gasteiger partial charge is 0.328 e. The van der Waals surface area contributed by atoms with Crippen molar-refractivity contribution in [3.63, 3.8) is 0 Å². The Kier molecular flexibility index (Phi) is 7.01. The van der Waals surface area contributed by atoms with Gasteiger partial charge in [-0.15, -0.1) is 0 Å². The number of hydrogen-bond donors (Lipinski definition) is 3. The van der Waals surface area contributed by atoms with Crippen molar-refractivity contribution in [1.82, 2.24) is 10.3 Å². The van der Waals surface area contributed by atoms with Crippen molar-refractivity contribution in [1.29, 1.82) is 0 Å². The van der Waals surface area contributed by atoms with E-state index in [4.69, 9.17) is 10.5 Å². The van der Waals surface area contributed by atoms with Gasteiger partial charge in [-0.1, -0.05) is 44.4 Å². The number of fused-ring (bicyclic) bond motifs is 1. The molecule has 0 radical (unpaired) electrons. The minimum absolute atomic E-state index is 0.336. The van der Waals surface area contributed by atoms with Gasteiger partial charge in [0.2, 0.25) is 5.91 Å². The summed E-state index contributed by atoms with van der Waals surface area (Å²) in [5.74, 6) is -0.763. The summed E-state index contributed by atoms with van der Waals surface area (Å²) in [6.07, 6.45) is 5.74. The van der Waals surface area contributed by atoms with E-state index in [1.807, 2.05) is 30.5 Å². The molecule has 0 saturated carbocycles. The van der Waals surface area contributed by atoms with E-state index in [2.05, 4.69) is 17.2 Å². The van der Waals surface area contributed by atoms with Crippen molar-refractivity contribution in [2.45, 2.75) is 51.1 Å². The molecule has 2 atom stereocenters. The average molecular weight is 345 g/mol. The van der Waals surface area contributed by atoms with Gasteiger partial charge in [-0.25, -0.2) is 4.79 Å². The first-order chi connectivity index (χ1) is 12.1. The number of nitrogens with one attached hydrogen (secondary N) is 2. The van der Waals surface area contributed by atoms with Crippen LogP contribution in [-0.2, 0) is 20.7 Å². The largest absolute Gasteiger partial charge is 0.467 e. The molecule has 1 amide bonds. The summed E-state index contributed by atoms with van der Waals surface area (Å²) in [6.45, 7) is 2.09. The van der Waals surface area contributed by atoms with Gasteiger partial charge in [-0.2, -0.15) is 0 Å². The van der Waals surface area contributed by atoms with Crippen molar-refractivity contribution in [3.8, 4) is 0 Å². The summed E-state index contributed by atoms with van der Waals surface area (Å²) in [5.41, 5.74) is 8.06. The molecule has 1 aromatic carbocycles. The van der Waals surface area contributed by atoms with Gasteiger partial charge in [0.1, 0.15) is 6.04 Å². The molecule has 6 nitrogen and oxygen atoms in total. The summed E-state index contributed by atoms with van der Waals surface area (Å²) < 4.78 is 4.79. The van der Waals surface area contributed by atoms with E-state index in [0.717, 1.165) is 35.7 Å². The number of H-pyrrole nitrogens is 1. The van der Waals surface area contributed by atoms with Gasteiger partial charge in [-0.05, 0) is 24.5 Å². The van der Waals surface area contributed by atoms with E-state index in [1.165, 1.54) is 7.11 Å². The van der Waals surface area contributed by atoms with Crippen molar-refractivity contribution < 1.29 is 14.3 Å². The second kappa shape index (κ2) is 9.22. The van der Waals surface area contributed by atoms with E-state index in [-0.39, 0.29) is 5.91 Å². The molecule has 1 heterocycles. The third-order valence-corrected chi connectivity index (χ3v) is 4.35. The minimum atomic E-state index is -0.725. The maximum atomic E-state index is 12.4. The van der Waals surface area contributed by atoms with Crippen LogP contribution >= 0.6 is 0 Å². The number of methoxy groups -OCH3 is 1. The fourth-order valence-corrected chi connectivity index (χ4v) is 2.90. The number of para-hydroxylation sites is 1. The number of ether oxygens (including phenoxy) is 1. The van der Waals surface area contributed by atoms with Crippen LogP contribution in [0.1, 0.15) is 38.2 Å². The van der Waals surface area contributed by atoms with E-state index in [1.54, 1.807) is 0 Å². The molecule has 6 heteroatoms. The third kappa shape index (κ3) is 5.06. The minimum Gasteiger partial charge on any atom is -0.467 e. The lowest BCUT2D eigenvalue weighted by Gasteiger charge is -2.19. The number of aromatic nitrogens is 1. The topological polar surface area (TPSA) is 97.2 Å². The number of benzene rings is 1. The van der Waals surface area contributed by atoms with Gasteiger partial charge in [0.25, 0.3) is 0 Å². The summed E-state index contributed by atoms with van der Waals surface area (Å²) in [6, 6.07) is 6.51. The Morgan fingerprint density at radius 3 is 2.76 bits per heavy atom. The van der Waals surface area contributed by atoms with Crippen molar-refractivity contribution in [2.75, 3.05) is 7.11 Å². The number of esters is 1. The number of aromatic amines is 1. The molecule has 1 unspecified atom stereocenters. The summed E-state index contributed by atoms with van der Waals surface area (Å²) in [5, 5.41) is 3.79. The maximum Gasteiger partial charge on any atom is 0.328 e. The van der Waals surface area contributed by atoms with Gasteiger partial charge >= 0.3 is 5.97 Å². The lowest BCUT2D eigenvalue weighted by Crippen LogP contribution is -2.49. The second-order valence-electron chi connectivity index (χ2n) is 6.25. The Morgan fingerprint density at radius 2 is 2.04 bits per heavy atom. The van der Waals surface area contributed by atoms with Crippen LogP contribution in [0.15, 0.2) is 30.5 Å². The normalized spacial score (nSPS) is 13.4. The molecule has 2 aromatic rings. The van der Waals surface area contributed by atoms with Crippen molar-refractivity contribution in [2.24, 2.45) is 5.73 Å². The van der Waals surface area contributed by atoms with Crippen LogP contribution in [-0.4, -0.2) is 36.1 Å². The zero-order valence-corrected chi connectivity index (χ0v) is 14.9. The molecule has 0 spiro atoms. The fourth-order valence-electron chi connectivity index (χ4n) is 2.90. The summed E-state index contributed by atoms with van der Waals surface area (Å²) >= 11 is 0. The Hall–Kier alpha value is -2.34. The van der Waals surface area contributed by atoms with Crippen LogP contribution in [0, 0.1) is 0 Å². The summed E-state index contributed by atoms with van der Waals surface area (Å²) in [7, 11) is 1.33. The molecule has 25 heavy (non-hydrogen) atoms. The number of amides is 1. The third-order valence-electron chi connectivity index (χ3n) is 4.35. The number of carbonyl (C=O) groups excluding carboxylic acids is 2. The first kappa shape index (κ1) is 19.0. The van der Waals surface area contributed by atoms with Crippen LogP contribution < -0.4 is 11.1 Å². The first-order valence-electron chi connectivity index (χ1n) is 8.75. The molecular weight excluding hydrogens is 318 g/mol. The molecular formula is C19H27N3O3. The van der Waals surface area contributed by atoms with Gasteiger partial charge in [0, 0.05) is 17.1 Å². The second-order valence-corrected chi connectivity index (χ2v) is 6.25. The van der Waals surface area contributed by atoms with Crippen LogP contribution in [0.2, 0.25) is 0 Å². The van der Waals surface area contributed by atoms with Gasteiger partial charge in [0.15, 0.2) is 0 Å². The molecule has 4 N–H and O–H groups in total. The molecule has 0 saturated heterocycles. The van der Waals surface area contributed by atoms with Crippen LogP contribution in [0.3, 0.4) is 0 Å². The summed E-state index contributed by atoms with van der Waals surface area (Å²) in [4.78, 5) is 27.5. The maximum absolute atomic E-state index is 12.4. The zero-order chi connectivity index (χ0) is 18.2. The SMILES string of the molecule is CCCCC[C@H](NC(=O)C(N)Cc1c[nH]c2ccccc12)C(=O)OC. The number of nitrogens with two attached hydrogens (primary N) is 1. The standard InChI is InChI=1S/C19H27N3O3/c1-3-4-5-10-17(19(24)25-2)22-18(23)15(20)11-13-12-21-16-9-7-6-8-14(13)16/h6-9,12,15,17,21H,3-5,10-11,20H2,1-2H3,(H,22,23)/t15?,17-/m0/s1.